The fourth-order valence-electron chi connectivity index (χ4n) is 3.10. The molecule has 2 saturated carbocycles. The summed E-state index contributed by atoms with van der Waals surface area (Å²) in [5.41, 5.74) is 5.35. The molecule has 0 aromatic heterocycles. The maximum absolute atomic E-state index is 10.2. The average molecular weight is 183 g/mol. The molecule has 0 radical (unpaired) electrons. The van der Waals surface area contributed by atoms with Crippen LogP contribution in [0.4, 0.5) is 0 Å². The van der Waals surface area contributed by atoms with Crippen LogP contribution in [0.2, 0.25) is 0 Å². The molecule has 76 valence electrons. The molecule has 2 nitrogen and oxygen atoms in total. The lowest BCUT2D eigenvalue weighted by molar-refractivity contribution is -0.109. The molecule has 3 N–H and O–H groups in total. The third-order valence-electron chi connectivity index (χ3n) is 3.93. The lowest BCUT2D eigenvalue weighted by Crippen LogP contribution is -2.56. The molecule has 2 rings (SSSR count). The van der Waals surface area contributed by atoms with Gasteiger partial charge < -0.3 is 10.8 Å². The van der Waals surface area contributed by atoms with Gasteiger partial charge >= 0.3 is 0 Å². The van der Waals surface area contributed by atoms with Gasteiger partial charge in [0.2, 0.25) is 0 Å². The molecule has 2 atom stereocenters. The molecule has 2 aliphatic rings. The fourth-order valence-corrected chi connectivity index (χ4v) is 3.10. The SMILES string of the molecule is CC1CCCC(C2(O)CC(N)C2)C1. The summed E-state index contributed by atoms with van der Waals surface area (Å²) >= 11 is 0. The van der Waals surface area contributed by atoms with Crippen molar-refractivity contribution in [1.82, 2.24) is 0 Å². The van der Waals surface area contributed by atoms with E-state index in [1.165, 1.54) is 25.7 Å². The first-order chi connectivity index (χ1) is 6.10. The zero-order chi connectivity index (χ0) is 9.47. The van der Waals surface area contributed by atoms with Gasteiger partial charge in [-0.05, 0) is 37.5 Å². The Labute approximate surface area is 80.5 Å². The van der Waals surface area contributed by atoms with E-state index in [1.807, 2.05) is 0 Å². The zero-order valence-electron chi connectivity index (χ0n) is 8.50. The van der Waals surface area contributed by atoms with Crippen LogP contribution in [-0.4, -0.2) is 16.7 Å². The molecule has 0 aromatic rings. The molecular weight excluding hydrogens is 162 g/mol. The number of nitrogens with two attached hydrogens (primary N) is 1. The fraction of sp³-hybridized carbons (Fsp3) is 1.00. The van der Waals surface area contributed by atoms with E-state index < -0.39 is 0 Å². The summed E-state index contributed by atoms with van der Waals surface area (Å²) < 4.78 is 0. The summed E-state index contributed by atoms with van der Waals surface area (Å²) in [6.07, 6.45) is 6.74. The van der Waals surface area contributed by atoms with Crippen molar-refractivity contribution >= 4 is 0 Å². The van der Waals surface area contributed by atoms with Crippen molar-refractivity contribution in [3.63, 3.8) is 0 Å². The van der Waals surface area contributed by atoms with Crippen LogP contribution in [-0.2, 0) is 0 Å². The number of hydrogen-bond acceptors (Lipinski definition) is 2. The predicted octanol–water partition coefficient (Wildman–Crippen LogP) is 1.66. The Balaban J connectivity index is 1.92. The number of rotatable bonds is 1. The van der Waals surface area contributed by atoms with Crippen LogP contribution in [0.15, 0.2) is 0 Å². The Morgan fingerprint density at radius 2 is 2.00 bits per heavy atom. The second-order valence-corrected chi connectivity index (χ2v) is 5.24. The molecule has 2 fully saturated rings. The molecule has 0 aliphatic heterocycles. The molecule has 0 amide bonds. The number of aliphatic hydroxyl groups is 1. The molecule has 0 saturated heterocycles. The van der Waals surface area contributed by atoms with E-state index in [9.17, 15) is 5.11 Å². The summed E-state index contributed by atoms with van der Waals surface area (Å²) in [6, 6.07) is 0.266. The highest BCUT2D eigenvalue weighted by atomic mass is 16.3. The number of hydrogen-bond donors (Lipinski definition) is 2. The van der Waals surface area contributed by atoms with Gasteiger partial charge in [-0.25, -0.2) is 0 Å². The Morgan fingerprint density at radius 3 is 2.54 bits per heavy atom. The first-order valence-electron chi connectivity index (χ1n) is 5.58. The predicted molar refractivity (Wildman–Crippen MR) is 53.3 cm³/mol. The van der Waals surface area contributed by atoms with Gasteiger partial charge in [-0.1, -0.05) is 19.8 Å². The van der Waals surface area contributed by atoms with Gasteiger partial charge in [0, 0.05) is 6.04 Å². The van der Waals surface area contributed by atoms with Gasteiger partial charge in [0.25, 0.3) is 0 Å². The molecule has 2 unspecified atom stereocenters. The average Bonchev–Trinajstić information content (AvgIpc) is 2.02. The van der Waals surface area contributed by atoms with Gasteiger partial charge in [0.15, 0.2) is 0 Å². The van der Waals surface area contributed by atoms with E-state index in [4.69, 9.17) is 5.73 Å². The summed E-state index contributed by atoms with van der Waals surface area (Å²) in [7, 11) is 0. The topological polar surface area (TPSA) is 46.2 Å². The molecule has 0 spiro atoms. The van der Waals surface area contributed by atoms with Crippen LogP contribution in [0.1, 0.15) is 45.4 Å². The third-order valence-corrected chi connectivity index (χ3v) is 3.93. The quantitative estimate of drug-likeness (QED) is 0.649. The molecule has 13 heavy (non-hydrogen) atoms. The standard InChI is InChI=1S/C11H21NO/c1-8-3-2-4-9(5-8)11(13)6-10(12)7-11/h8-10,13H,2-7,12H2,1H3. The third kappa shape index (κ3) is 1.75. The van der Waals surface area contributed by atoms with Crippen molar-refractivity contribution in [2.24, 2.45) is 17.6 Å². The van der Waals surface area contributed by atoms with E-state index in [1.54, 1.807) is 0 Å². The van der Waals surface area contributed by atoms with Crippen LogP contribution in [0.3, 0.4) is 0 Å². The van der Waals surface area contributed by atoms with Gasteiger partial charge in [-0.2, -0.15) is 0 Å². The van der Waals surface area contributed by atoms with Crippen LogP contribution < -0.4 is 5.73 Å². The Bertz CT molecular complexity index is 187. The smallest absolute Gasteiger partial charge is 0.0705 e. The van der Waals surface area contributed by atoms with Gasteiger partial charge in [-0.3, -0.25) is 0 Å². The molecule has 0 bridgehead atoms. The summed E-state index contributed by atoms with van der Waals surface area (Å²) in [5.74, 6) is 1.34. The lowest BCUT2D eigenvalue weighted by Gasteiger charge is -2.49. The normalized spacial score (nSPS) is 51.5. The highest BCUT2D eigenvalue weighted by Crippen LogP contribution is 2.45. The minimum absolute atomic E-state index is 0.266. The first-order valence-corrected chi connectivity index (χ1v) is 5.58. The van der Waals surface area contributed by atoms with Crippen molar-refractivity contribution in [2.45, 2.75) is 57.1 Å². The van der Waals surface area contributed by atoms with E-state index in [0.717, 1.165) is 18.8 Å². The van der Waals surface area contributed by atoms with Crippen molar-refractivity contribution in [1.29, 1.82) is 0 Å². The molecule has 0 heterocycles. The highest BCUT2D eigenvalue weighted by molar-refractivity contribution is 5.01. The molecular formula is C11H21NO. The first kappa shape index (κ1) is 9.47. The molecule has 2 heteroatoms. The molecule has 0 aromatic carbocycles. The largest absolute Gasteiger partial charge is 0.389 e. The van der Waals surface area contributed by atoms with Crippen LogP contribution in [0.25, 0.3) is 0 Å². The van der Waals surface area contributed by atoms with Gasteiger partial charge in [0.1, 0.15) is 0 Å². The van der Waals surface area contributed by atoms with E-state index in [-0.39, 0.29) is 11.6 Å². The van der Waals surface area contributed by atoms with Crippen LogP contribution >= 0.6 is 0 Å². The second-order valence-electron chi connectivity index (χ2n) is 5.24. The monoisotopic (exact) mass is 183 g/mol. The summed E-state index contributed by atoms with van der Waals surface area (Å²) in [6.45, 7) is 2.30. The maximum atomic E-state index is 10.2. The Hall–Kier alpha value is -0.0800. The van der Waals surface area contributed by atoms with E-state index in [2.05, 4.69) is 6.92 Å². The highest BCUT2D eigenvalue weighted by Gasteiger charge is 2.47. The van der Waals surface area contributed by atoms with Gasteiger partial charge in [-0.15, -0.1) is 0 Å². The minimum Gasteiger partial charge on any atom is -0.389 e. The maximum Gasteiger partial charge on any atom is 0.0705 e. The summed E-state index contributed by atoms with van der Waals surface area (Å²) in [4.78, 5) is 0. The van der Waals surface area contributed by atoms with Gasteiger partial charge in [0.05, 0.1) is 5.60 Å². The van der Waals surface area contributed by atoms with E-state index >= 15 is 0 Å². The summed E-state index contributed by atoms with van der Waals surface area (Å²) in [5, 5.41) is 10.2. The van der Waals surface area contributed by atoms with Crippen LogP contribution in [0, 0.1) is 11.8 Å². The Kier molecular flexibility index (Phi) is 2.37. The van der Waals surface area contributed by atoms with Crippen molar-refractivity contribution in [2.75, 3.05) is 0 Å². The minimum atomic E-state index is -0.381. The Morgan fingerprint density at radius 1 is 1.31 bits per heavy atom. The second kappa shape index (κ2) is 3.25. The van der Waals surface area contributed by atoms with Crippen molar-refractivity contribution in [3.8, 4) is 0 Å². The molecule has 2 aliphatic carbocycles. The lowest BCUT2D eigenvalue weighted by atomic mass is 9.62. The van der Waals surface area contributed by atoms with Crippen molar-refractivity contribution in [3.05, 3.63) is 0 Å². The zero-order valence-corrected chi connectivity index (χ0v) is 8.50. The van der Waals surface area contributed by atoms with E-state index in [0.29, 0.717) is 5.92 Å². The van der Waals surface area contributed by atoms with Crippen molar-refractivity contribution < 1.29 is 5.11 Å². The van der Waals surface area contributed by atoms with Crippen LogP contribution in [0.5, 0.6) is 0 Å².